The molecule has 1 aliphatic heterocycles. The zero-order valence-corrected chi connectivity index (χ0v) is 20.9. The number of esters is 1. The molecule has 1 unspecified atom stereocenters. The zero-order valence-electron chi connectivity index (χ0n) is 20.1. The number of Topliss-reactive ketones (excluding diaryl/α,β-unsaturated/α-hetero) is 1. The van der Waals surface area contributed by atoms with Gasteiger partial charge in [-0.05, 0) is 31.4 Å². The Hall–Kier alpha value is -3.83. The molecule has 1 aliphatic rings. The summed E-state index contributed by atoms with van der Waals surface area (Å²) in [6.45, 7) is 3.31. The van der Waals surface area contributed by atoms with Crippen LogP contribution >= 0.6 is 0 Å². The van der Waals surface area contributed by atoms with Crippen molar-refractivity contribution in [2.75, 3.05) is 19.4 Å². The zero-order chi connectivity index (χ0) is 26.5. The number of nitro groups is 1. The van der Waals surface area contributed by atoms with Gasteiger partial charge < -0.3 is 10.1 Å². The molecule has 0 spiro atoms. The van der Waals surface area contributed by atoms with Gasteiger partial charge in [-0.2, -0.15) is 0 Å². The molecule has 2 aromatic carbocycles. The number of sulfonamides is 1. The predicted molar refractivity (Wildman–Crippen MR) is 133 cm³/mol. The third-order valence-corrected chi connectivity index (χ3v) is 7.07. The summed E-state index contributed by atoms with van der Waals surface area (Å²) >= 11 is 0. The van der Waals surface area contributed by atoms with Crippen molar-refractivity contribution in [1.82, 2.24) is 10.0 Å². The fraction of sp³-hybridized carbons (Fsp3) is 0.280. The van der Waals surface area contributed by atoms with E-state index in [0.717, 1.165) is 5.56 Å². The molecule has 0 aromatic heterocycles. The minimum atomic E-state index is -4.01. The van der Waals surface area contributed by atoms with E-state index in [-0.39, 0.29) is 23.4 Å². The van der Waals surface area contributed by atoms with E-state index < -0.39 is 38.4 Å². The highest BCUT2D eigenvalue weighted by molar-refractivity contribution is 7.90. The second kappa shape index (κ2) is 11.3. The van der Waals surface area contributed by atoms with Crippen molar-refractivity contribution in [2.24, 2.45) is 0 Å². The normalized spacial score (nSPS) is 15.9. The molecule has 190 valence electrons. The number of carbonyl (C=O) groups excluding carboxylic acids is 2. The number of nitrogens with zero attached hydrogens (tertiary/aromatic N) is 1. The van der Waals surface area contributed by atoms with E-state index in [1.807, 2.05) is 30.3 Å². The lowest BCUT2D eigenvalue weighted by molar-refractivity contribution is -0.384. The number of hydrogen-bond donors (Lipinski definition) is 2. The third kappa shape index (κ3) is 6.23. The number of rotatable bonds is 10. The molecule has 0 saturated carbocycles. The summed E-state index contributed by atoms with van der Waals surface area (Å²) in [6, 6.07) is 14.8. The Balaban J connectivity index is 1.92. The molecule has 0 saturated heterocycles. The first-order chi connectivity index (χ1) is 17.0. The first-order valence-electron chi connectivity index (χ1n) is 11.1. The molecule has 0 aliphatic carbocycles. The number of methoxy groups -OCH3 is 1. The molecule has 0 fully saturated rings. The van der Waals surface area contributed by atoms with Crippen LogP contribution in [-0.4, -0.2) is 44.5 Å². The Bertz CT molecular complexity index is 1350. The summed E-state index contributed by atoms with van der Waals surface area (Å²) < 4.78 is 32.8. The van der Waals surface area contributed by atoms with Crippen molar-refractivity contribution in [3.63, 3.8) is 0 Å². The van der Waals surface area contributed by atoms with Crippen molar-refractivity contribution >= 4 is 27.5 Å². The summed E-state index contributed by atoms with van der Waals surface area (Å²) in [6.07, 6.45) is 0.447. The standard InChI is InChI=1S/C25H27N3O7S/c1-16-22(21(29)15-36(33,34)26-13-12-18-8-5-4-6-9-18)24(23(17(2)27-16)25(30)35-3)19-10-7-11-20(14-19)28(31)32/h4-11,14,24,26-27H,12-13,15H2,1-3H3. The molecule has 1 heterocycles. The fourth-order valence-corrected chi connectivity index (χ4v) is 5.21. The van der Waals surface area contributed by atoms with E-state index in [9.17, 15) is 28.1 Å². The number of hydrogen-bond acceptors (Lipinski definition) is 8. The molecule has 36 heavy (non-hydrogen) atoms. The molecular formula is C25H27N3O7S. The molecule has 0 bridgehead atoms. The van der Waals surface area contributed by atoms with E-state index in [2.05, 4.69) is 10.0 Å². The van der Waals surface area contributed by atoms with Gasteiger partial charge in [0.1, 0.15) is 5.75 Å². The lowest BCUT2D eigenvalue weighted by atomic mass is 9.79. The number of dihydropyridines is 1. The molecule has 10 nitrogen and oxygen atoms in total. The van der Waals surface area contributed by atoms with Crippen LogP contribution in [0.3, 0.4) is 0 Å². The SMILES string of the molecule is COC(=O)C1=C(C)NC(C)=C(C(=O)CS(=O)(=O)NCCc2ccccc2)C1c1cccc([N+](=O)[O-])c1. The molecule has 2 aromatic rings. The fourth-order valence-electron chi connectivity index (χ4n) is 4.19. The average Bonchev–Trinajstić information content (AvgIpc) is 2.83. The van der Waals surface area contributed by atoms with Gasteiger partial charge >= 0.3 is 5.97 Å². The van der Waals surface area contributed by atoms with Crippen molar-refractivity contribution in [3.8, 4) is 0 Å². The number of allylic oxidation sites excluding steroid dienone is 3. The van der Waals surface area contributed by atoms with Crippen LogP contribution in [0.5, 0.6) is 0 Å². The minimum Gasteiger partial charge on any atom is -0.466 e. The summed E-state index contributed by atoms with van der Waals surface area (Å²) in [5, 5.41) is 14.3. The number of ether oxygens (including phenoxy) is 1. The number of nitro benzene ring substituents is 1. The lowest BCUT2D eigenvalue weighted by Crippen LogP contribution is -2.36. The Labute approximate surface area is 209 Å². The van der Waals surface area contributed by atoms with Gasteiger partial charge in [0.15, 0.2) is 5.78 Å². The maximum Gasteiger partial charge on any atom is 0.336 e. The van der Waals surface area contributed by atoms with Crippen LogP contribution in [0.1, 0.15) is 30.9 Å². The number of ketones is 1. The number of benzene rings is 2. The highest BCUT2D eigenvalue weighted by Crippen LogP contribution is 2.40. The Morgan fingerprint density at radius 2 is 1.72 bits per heavy atom. The van der Waals surface area contributed by atoms with Gasteiger partial charge in [-0.3, -0.25) is 14.9 Å². The largest absolute Gasteiger partial charge is 0.466 e. The van der Waals surface area contributed by atoms with Crippen molar-refractivity contribution in [2.45, 2.75) is 26.2 Å². The Kier molecular flexibility index (Phi) is 8.38. The van der Waals surface area contributed by atoms with Gasteiger partial charge in [-0.25, -0.2) is 17.9 Å². The Morgan fingerprint density at radius 1 is 1.06 bits per heavy atom. The van der Waals surface area contributed by atoms with Gasteiger partial charge in [0.05, 0.1) is 17.6 Å². The second-order valence-electron chi connectivity index (χ2n) is 8.29. The summed E-state index contributed by atoms with van der Waals surface area (Å²) in [5.41, 5.74) is 1.85. The van der Waals surface area contributed by atoms with Gasteiger partial charge in [0.2, 0.25) is 10.0 Å². The predicted octanol–water partition coefficient (Wildman–Crippen LogP) is 2.73. The van der Waals surface area contributed by atoms with Crippen LogP contribution in [-0.2, 0) is 30.8 Å². The number of nitrogens with one attached hydrogen (secondary N) is 2. The van der Waals surface area contributed by atoms with Gasteiger partial charge in [-0.15, -0.1) is 0 Å². The van der Waals surface area contributed by atoms with Crippen molar-refractivity contribution < 1.29 is 27.7 Å². The van der Waals surface area contributed by atoms with E-state index in [4.69, 9.17) is 4.74 Å². The molecule has 0 amide bonds. The lowest BCUT2D eigenvalue weighted by Gasteiger charge is -2.30. The maximum atomic E-state index is 13.4. The van der Waals surface area contributed by atoms with Crippen molar-refractivity contribution in [3.05, 3.63) is 98.4 Å². The highest BCUT2D eigenvalue weighted by Gasteiger charge is 2.38. The minimum absolute atomic E-state index is 0.0231. The van der Waals surface area contributed by atoms with Crippen molar-refractivity contribution in [1.29, 1.82) is 0 Å². The van der Waals surface area contributed by atoms with Crippen LogP contribution in [0.15, 0.2) is 77.1 Å². The monoisotopic (exact) mass is 513 g/mol. The first kappa shape index (κ1) is 26.8. The van der Waals surface area contributed by atoms with E-state index in [0.29, 0.717) is 23.4 Å². The van der Waals surface area contributed by atoms with Gasteiger partial charge in [0, 0.05) is 41.6 Å². The summed E-state index contributed by atoms with van der Waals surface area (Å²) in [7, 11) is -2.83. The highest BCUT2D eigenvalue weighted by atomic mass is 32.2. The molecule has 3 rings (SSSR count). The van der Waals surface area contributed by atoms with E-state index >= 15 is 0 Å². The van der Waals surface area contributed by atoms with E-state index in [1.165, 1.54) is 25.3 Å². The smallest absolute Gasteiger partial charge is 0.336 e. The van der Waals surface area contributed by atoms with Crippen LogP contribution in [0.2, 0.25) is 0 Å². The quantitative estimate of drug-likeness (QED) is 0.280. The summed E-state index contributed by atoms with van der Waals surface area (Å²) in [4.78, 5) is 36.9. The van der Waals surface area contributed by atoms with Crippen LogP contribution in [0.25, 0.3) is 0 Å². The molecule has 11 heteroatoms. The van der Waals surface area contributed by atoms with Crippen LogP contribution in [0, 0.1) is 10.1 Å². The molecular weight excluding hydrogens is 486 g/mol. The first-order valence-corrected chi connectivity index (χ1v) is 12.7. The van der Waals surface area contributed by atoms with E-state index in [1.54, 1.807) is 19.9 Å². The van der Waals surface area contributed by atoms with Gasteiger partial charge in [-0.1, -0.05) is 42.5 Å². The van der Waals surface area contributed by atoms with Gasteiger partial charge in [0.25, 0.3) is 5.69 Å². The second-order valence-corrected chi connectivity index (χ2v) is 10.1. The van der Waals surface area contributed by atoms with Crippen LogP contribution in [0.4, 0.5) is 5.69 Å². The van der Waals surface area contributed by atoms with Crippen LogP contribution < -0.4 is 10.0 Å². The maximum absolute atomic E-state index is 13.4. The molecule has 1 atom stereocenters. The number of carbonyl (C=O) groups is 2. The molecule has 2 N–H and O–H groups in total. The average molecular weight is 514 g/mol. The summed E-state index contributed by atoms with van der Waals surface area (Å²) in [5.74, 6) is -3.38. The number of non-ortho nitro benzene ring substituents is 1. The molecule has 0 radical (unpaired) electrons. The Morgan fingerprint density at radius 3 is 2.36 bits per heavy atom. The topological polar surface area (TPSA) is 145 Å². The third-order valence-electron chi connectivity index (χ3n) is 5.78.